The van der Waals surface area contributed by atoms with Crippen LogP contribution in [0.25, 0.3) is 0 Å². The van der Waals surface area contributed by atoms with E-state index in [1.165, 1.54) is 43.4 Å². The summed E-state index contributed by atoms with van der Waals surface area (Å²) in [7, 11) is 0. The molecule has 0 amide bonds. The molecule has 2 N–H and O–H groups in total. The highest BCUT2D eigenvalue weighted by Gasteiger charge is 2.23. The molecule has 0 aliphatic heterocycles. The summed E-state index contributed by atoms with van der Waals surface area (Å²) in [5, 5.41) is 13.5. The van der Waals surface area contributed by atoms with Crippen molar-refractivity contribution in [1.29, 1.82) is 0 Å². The summed E-state index contributed by atoms with van der Waals surface area (Å²) in [6.07, 6.45) is 12.0. The molecular weight excluding hydrogens is 250 g/mol. The molecule has 3 rings (SSSR count). The number of aryl methyl sites for hydroxylation is 1. The quantitative estimate of drug-likeness (QED) is 0.833. The summed E-state index contributed by atoms with van der Waals surface area (Å²) >= 11 is 0. The summed E-state index contributed by atoms with van der Waals surface area (Å²) in [6, 6.07) is 0. The molecule has 1 heterocycles. The Kier molecular flexibility index (Phi) is 4.51. The second-order valence-electron chi connectivity index (χ2n) is 6.20. The minimum atomic E-state index is -0.142. The van der Waals surface area contributed by atoms with Crippen LogP contribution in [0.15, 0.2) is 6.33 Å². The van der Waals surface area contributed by atoms with E-state index < -0.39 is 0 Å². The van der Waals surface area contributed by atoms with Crippen LogP contribution in [0.3, 0.4) is 0 Å². The number of nitrogens with zero attached hydrogens (tertiary/aromatic N) is 2. The van der Waals surface area contributed by atoms with Crippen LogP contribution in [0, 0.1) is 5.92 Å². The van der Waals surface area contributed by atoms with Crippen molar-refractivity contribution >= 4 is 5.82 Å². The van der Waals surface area contributed by atoms with E-state index in [1.54, 1.807) is 6.33 Å². The molecule has 4 heteroatoms. The molecule has 1 fully saturated rings. The zero-order valence-electron chi connectivity index (χ0n) is 12.1. The van der Waals surface area contributed by atoms with Gasteiger partial charge in [0.2, 0.25) is 0 Å². The lowest BCUT2D eigenvalue weighted by atomic mass is 9.86. The SMILES string of the molecule is OC1CCCCC1CNc1ncnc2c1CCCCC2. The Labute approximate surface area is 121 Å². The summed E-state index contributed by atoms with van der Waals surface area (Å²) in [6.45, 7) is 0.838. The van der Waals surface area contributed by atoms with Crippen molar-refractivity contribution in [2.75, 3.05) is 11.9 Å². The van der Waals surface area contributed by atoms with E-state index in [0.29, 0.717) is 5.92 Å². The molecule has 0 saturated heterocycles. The molecule has 0 aromatic carbocycles. The Morgan fingerprint density at radius 1 is 1.05 bits per heavy atom. The average Bonchev–Trinajstić information content (AvgIpc) is 2.72. The van der Waals surface area contributed by atoms with E-state index >= 15 is 0 Å². The first-order chi connectivity index (χ1) is 9.84. The van der Waals surface area contributed by atoms with Crippen molar-refractivity contribution in [2.24, 2.45) is 5.92 Å². The van der Waals surface area contributed by atoms with E-state index in [4.69, 9.17) is 0 Å². The summed E-state index contributed by atoms with van der Waals surface area (Å²) in [5.41, 5.74) is 2.54. The number of fused-ring (bicyclic) bond motifs is 1. The molecule has 110 valence electrons. The highest BCUT2D eigenvalue weighted by Crippen LogP contribution is 2.27. The van der Waals surface area contributed by atoms with Crippen molar-refractivity contribution in [2.45, 2.75) is 63.9 Å². The maximum absolute atomic E-state index is 10.1. The monoisotopic (exact) mass is 275 g/mol. The first-order valence-electron chi connectivity index (χ1n) is 8.09. The molecule has 1 saturated carbocycles. The second-order valence-corrected chi connectivity index (χ2v) is 6.20. The van der Waals surface area contributed by atoms with Gasteiger partial charge in [-0.2, -0.15) is 0 Å². The first-order valence-corrected chi connectivity index (χ1v) is 8.09. The fraction of sp³-hybridized carbons (Fsp3) is 0.750. The van der Waals surface area contributed by atoms with Crippen LogP contribution in [0.5, 0.6) is 0 Å². The number of aliphatic hydroxyl groups is 1. The smallest absolute Gasteiger partial charge is 0.132 e. The fourth-order valence-corrected chi connectivity index (χ4v) is 3.50. The molecule has 2 aliphatic rings. The Morgan fingerprint density at radius 2 is 1.90 bits per heavy atom. The Balaban J connectivity index is 1.68. The third-order valence-corrected chi connectivity index (χ3v) is 4.78. The number of rotatable bonds is 3. The van der Waals surface area contributed by atoms with Crippen LogP contribution in [-0.4, -0.2) is 27.7 Å². The summed E-state index contributed by atoms with van der Waals surface area (Å²) in [4.78, 5) is 8.89. The zero-order valence-corrected chi connectivity index (χ0v) is 12.1. The summed E-state index contributed by atoms with van der Waals surface area (Å²) < 4.78 is 0. The van der Waals surface area contributed by atoms with Gasteiger partial charge < -0.3 is 10.4 Å². The van der Waals surface area contributed by atoms with E-state index in [2.05, 4.69) is 15.3 Å². The molecule has 0 bridgehead atoms. The highest BCUT2D eigenvalue weighted by molar-refractivity contribution is 5.46. The van der Waals surface area contributed by atoms with Gasteiger partial charge in [0.05, 0.1) is 6.10 Å². The largest absolute Gasteiger partial charge is 0.393 e. The maximum atomic E-state index is 10.1. The minimum Gasteiger partial charge on any atom is -0.393 e. The van der Waals surface area contributed by atoms with E-state index in [0.717, 1.165) is 38.0 Å². The molecule has 1 aromatic heterocycles. The molecular formula is C16H25N3O. The Morgan fingerprint density at radius 3 is 2.80 bits per heavy atom. The first kappa shape index (κ1) is 13.8. The highest BCUT2D eigenvalue weighted by atomic mass is 16.3. The minimum absolute atomic E-state index is 0.142. The van der Waals surface area contributed by atoms with Gasteiger partial charge in [0.1, 0.15) is 12.1 Å². The molecule has 0 radical (unpaired) electrons. The third kappa shape index (κ3) is 3.11. The van der Waals surface area contributed by atoms with Gasteiger partial charge in [-0.05, 0) is 38.5 Å². The van der Waals surface area contributed by atoms with Crippen LogP contribution < -0.4 is 5.32 Å². The maximum Gasteiger partial charge on any atom is 0.132 e. The van der Waals surface area contributed by atoms with Crippen molar-refractivity contribution in [1.82, 2.24) is 9.97 Å². The van der Waals surface area contributed by atoms with E-state index in [9.17, 15) is 5.11 Å². The number of aliphatic hydroxyl groups excluding tert-OH is 1. The van der Waals surface area contributed by atoms with Crippen LogP contribution in [-0.2, 0) is 12.8 Å². The van der Waals surface area contributed by atoms with Gasteiger partial charge in [0.15, 0.2) is 0 Å². The molecule has 1 aromatic rings. The van der Waals surface area contributed by atoms with Crippen molar-refractivity contribution in [3.8, 4) is 0 Å². The van der Waals surface area contributed by atoms with Gasteiger partial charge in [-0.15, -0.1) is 0 Å². The Bertz CT molecular complexity index is 449. The zero-order chi connectivity index (χ0) is 13.8. The predicted molar refractivity (Wildman–Crippen MR) is 79.7 cm³/mol. The second kappa shape index (κ2) is 6.53. The van der Waals surface area contributed by atoms with Crippen molar-refractivity contribution in [3.05, 3.63) is 17.6 Å². The van der Waals surface area contributed by atoms with E-state index in [-0.39, 0.29) is 6.10 Å². The van der Waals surface area contributed by atoms with Gasteiger partial charge in [-0.25, -0.2) is 9.97 Å². The number of anilines is 1. The van der Waals surface area contributed by atoms with Gasteiger partial charge in [0.25, 0.3) is 0 Å². The summed E-state index contributed by atoms with van der Waals surface area (Å²) in [5.74, 6) is 1.38. The Hall–Kier alpha value is -1.16. The van der Waals surface area contributed by atoms with Gasteiger partial charge in [0, 0.05) is 23.7 Å². The topological polar surface area (TPSA) is 58.0 Å². The number of hydrogen-bond donors (Lipinski definition) is 2. The van der Waals surface area contributed by atoms with Gasteiger partial charge in [-0.1, -0.05) is 19.3 Å². The van der Waals surface area contributed by atoms with Crippen LogP contribution >= 0.6 is 0 Å². The van der Waals surface area contributed by atoms with Crippen LogP contribution in [0.1, 0.15) is 56.2 Å². The fourth-order valence-electron chi connectivity index (χ4n) is 3.50. The molecule has 0 spiro atoms. The van der Waals surface area contributed by atoms with Crippen LogP contribution in [0.2, 0.25) is 0 Å². The normalized spacial score (nSPS) is 26.6. The van der Waals surface area contributed by atoms with Gasteiger partial charge in [-0.3, -0.25) is 0 Å². The number of hydrogen-bond acceptors (Lipinski definition) is 4. The molecule has 2 unspecified atom stereocenters. The standard InChI is InChI=1S/C16H25N3O/c20-15-9-5-4-6-12(15)10-17-16-13-7-2-1-3-8-14(13)18-11-19-16/h11-12,15,20H,1-10H2,(H,17,18,19). The lowest BCUT2D eigenvalue weighted by Gasteiger charge is -2.28. The van der Waals surface area contributed by atoms with Crippen LogP contribution in [0.4, 0.5) is 5.82 Å². The predicted octanol–water partition coefficient (Wildman–Crippen LogP) is 2.71. The average molecular weight is 275 g/mol. The third-order valence-electron chi connectivity index (χ3n) is 4.78. The van der Waals surface area contributed by atoms with E-state index in [1.807, 2.05) is 0 Å². The van der Waals surface area contributed by atoms with Crippen molar-refractivity contribution in [3.63, 3.8) is 0 Å². The lowest BCUT2D eigenvalue weighted by molar-refractivity contribution is 0.0763. The lowest BCUT2D eigenvalue weighted by Crippen LogP contribution is -2.30. The van der Waals surface area contributed by atoms with Crippen molar-refractivity contribution < 1.29 is 5.11 Å². The van der Waals surface area contributed by atoms with Gasteiger partial charge >= 0.3 is 0 Å². The number of nitrogens with one attached hydrogen (secondary N) is 1. The molecule has 2 aliphatic carbocycles. The molecule has 20 heavy (non-hydrogen) atoms. The number of aromatic nitrogens is 2. The molecule has 4 nitrogen and oxygen atoms in total. The molecule has 2 atom stereocenters.